The predicted octanol–water partition coefficient (Wildman–Crippen LogP) is 5.00. The number of rotatable bonds is 4. The van der Waals surface area contributed by atoms with Gasteiger partial charge in [0.25, 0.3) is 0 Å². The summed E-state index contributed by atoms with van der Waals surface area (Å²) < 4.78 is 5.49. The standard InChI is InChI=1S/C24H28N6O2/c1-24(2,3)32-23(31)30-12-10-16(11-13-30)21-25-18-7-5-4-6-17(18)22(27-21)26-20-14-19(28-29-20)15-8-9-15/h4-7,10,14-15H,8-9,11-13H2,1-3H3,(H2,25,26,27,28,29). The lowest BCUT2D eigenvalue weighted by molar-refractivity contribution is 0.0270. The van der Waals surface area contributed by atoms with Crippen molar-refractivity contribution in [1.82, 2.24) is 25.1 Å². The number of nitrogens with zero attached hydrogens (tertiary/aromatic N) is 4. The van der Waals surface area contributed by atoms with Gasteiger partial charge < -0.3 is 15.0 Å². The van der Waals surface area contributed by atoms with Crippen LogP contribution < -0.4 is 5.32 Å². The fraction of sp³-hybridized carbons (Fsp3) is 0.417. The van der Waals surface area contributed by atoms with Crippen LogP contribution in [0.3, 0.4) is 0 Å². The molecule has 5 rings (SSSR count). The molecule has 2 aliphatic rings. The van der Waals surface area contributed by atoms with Crippen molar-refractivity contribution in [2.75, 3.05) is 18.4 Å². The summed E-state index contributed by atoms with van der Waals surface area (Å²) in [6, 6.07) is 10.0. The van der Waals surface area contributed by atoms with Crippen LogP contribution in [-0.4, -0.2) is 49.8 Å². The number of aromatic nitrogens is 4. The van der Waals surface area contributed by atoms with Gasteiger partial charge in [-0.25, -0.2) is 14.8 Å². The summed E-state index contributed by atoms with van der Waals surface area (Å²) >= 11 is 0. The van der Waals surface area contributed by atoms with Crippen LogP contribution in [0.15, 0.2) is 36.4 Å². The molecule has 1 aliphatic carbocycles. The van der Waals surface area contributed by atoms with Crippen molar-refractivity contribution in [2.45, 2.75) is 51.6 Å². The van der Waals surface area contributed by atoms with E-state index in [0.717, 1.165) is 28.1 Å². The number of carbonyl (C=O) groups is 1. The molecule has 0 atom stereocenters. The first kappa shape index (κ1) is 20.5. The topological polar surface area (TPSA) is 96.0 Å². The van der Waals surface area contributed by atoms with Crippen molar-refractivity contribution in [3.63, 3.8) is 0 Å². The van der Waals surface area contributed by atoms with Gasteiger partial charge in [0.15, 0.2) is 11.6 Å². The summed E-state index contributed by atoms with van der Waals surface area (Å²) in [4.78, 5) is 23.7. The largest absolute Gasteiger partial charge is 0.444 e. The summed E-state index contributed by atoms with van der Waals surface area (Å²) in [5, 5.41) is 11.9. The minimum Gasteiger partial charge on any atom is -0.444 e. The number of benzene rings is 1. The van der Waals surface area contributed by atoms with E-state index in [-0.39, 0.29) is 6.09 Å². The highest BCUT2D eigenvalue weighted by molar-refractivity contribution is 5.91. The van der Waals surface area contributed by atoms with Crippen LogP contribution in [0.25, 0.3) is 16.5 Å². The van der Waals surface area contributed by atoms with Crippen LogP contribution in [0.4, 0.5) is 16.4 Å². The molecule has 0 unspecified atom stereocenters. The third-order valence-corrected chi connectivity index (χ3v) is 5.61. The molecule has 0 saturated heterocycles. The van der Waals surface area contributed by atoms with Gasteiger partial charge in [-0.3, -0.25) is 5.10 Å². The molecule has 0 bridgehead atoms. The van der Waals surface area contributed by atoms with Crippen LogP contribution in [0.2, 0.25) is 0 Å². The first-order chi connectivity index (χ1) is 15.4. The first-order valence-corrected chi connectivity index (χ1v) is 11.1. The van der Waals surface area contributed by atoms with E-state index in [0.29, 0.717) is 31.3 Å². The molecule has 2 aromatic heterocycles. The molecule has 8 heteroatoms. The Morgan fingerprint density at radius 3 is 2.75 bits per heavy atom. The van der Waals surface area contributed by atoms with Gasteiger partial charge in [-0.15, -0.1) is 0 Å². The van der Waals surface area contributed by atoms with Gasteiger partial charge in [-0.1, -0.05) is 18.2 Å². The molecule has 1 aliphatic heterocycles. The van der Waals surface area contributed by atoms with Crippen molar-refractivity contribution in [3.05, 3.63) is 47.9 Å². The van der Waals surface area contributed by atoms with E-state index < -0.39 is 5.60 Å². The van der Waals surface area contributed by atoms with Crippen molar-refractivity contribution in [3.8, 4) is 0 Å². The van der Waals surface area contributed by atoms with Gasteiger partial charge in [0.2, 0.25) is 0 Å². The summed E-state index contributed by atoms with van der Waals surface area (Å²) in [5.41, 5.74) is 2.56. The Morgan fingerprint density at radius 1 is 1.22 bits per heavy atom. The Kier molecular flexibility index (Phi) is 5.07. The molecule has 0 radical (unpaired) electrons. The lowest BCUT2D eigenvalue weighted by Crippen LogP contribution is -2.39. The highest BCUT2D eigenvalue weighted by Crippen LogP contribution is 2.40. The molecule has 3 heterocycles. The Morgan fingerprint density at radius 2 is 2.03 bits per heavy atom. The fourth-order valence-electron chi connectivity index (χ4n) is 3.81. The minimum atomic E-state index is -0.505. The maximum atomic E-state index is 12.4. The summed E-state index contributed by atoms with van der Waals surface area (Å²) in [6.07, 6.45) is 4.83. The maximum Gasteiger partial charge on any atom is 0.410 e. The Bertz CT molecular complexity index is 1190. The van der Waals surface area contributed by atoms with Gasteiger partial charge in [0, 0.05) is 36.2 Å². The molecular weight excluding hydrogens is 404 g/mol. The molecule has 8 nitrogen and oxygen atoms in total. The number of fused-ring (bicyclic) bond motifs is 1. The summed E-state index contributed by atoms with van der Waals surface area (Å²) in [5.74, 6) is 2.77. The molecule has 1 amide bonds. The molecular formula is C24H28N6O2. The van der Waals surface area contributed by atoms with Crippen molar-refractivity contribution in [1.29, 1.82) is 0 Å². The SMILES string of the molecule is CC(C)(C)OC(=O)N1CC=C(c2nc(Nc3cc(C4CC4)[nH]n3)c3ccccc3n2)CC1. The third-order valence-electron chi connectivity index (χ3n) is 5.61. The highest BCUT2D eigenvalue weighted by atomic mass is 16.6. The van der Waals surface area contributed by atoms with Crippen molar-refractivity contribution in [2.24, 2.45) is 0 Å². The van der Waals surface area contributed by atoms with Gasteiger partial charge in [0.05, 0.1) is 5.52 Å². The van der Waals surface area contributed by atoms with E-state index in [4.69, 9.17) is 14.7 Å². The zero-order valence-electron chi connectivity index (χ0n) is 18.7. The molecule has 3 aromatic rings. The molecule has 1 saturated carbocycles. The number of H-pyrrole nitrogens is 1. The van der Waals surface area contributed by atoms with E-state index >= 15 is 0 Å². The predicted molar refractivity (Wildman–Crippen MR) is 124 cm³/mol. The molecule has 0 spiro atoms. The second-order valence-corrected chi connectivity index (χ2v) is 9.43. The zero-order valence-corrected chi connectivity index (χ0v) is 18.7. The highest BCUT2D eigenvalue weighted by Gasteiger charge is 2.26. The van der Waals surface area contributed by atoms with Gasteiger partial charge >= 0.3 is 6.09 Å². The fourth-order valence-corrected chi connectivity index (χ4v) is 3.81. The number of nitrogens with one attached hydrogen (secondary N) is 2. The maximum absolute atomic E-state index is 12.4. The lowest BCUT2D eigenvalue weighted by atomic mass is 10.1. The summed E-state index contributed by atoms with van der Waals surface area (Å²) in [6.45, 7) is 6.68. The van der Waals surface area contributed by atoms with Gasteiger partial charge in [0.1, 0.15) is 11.4 Å². The molecule has 2 N–H and O–H groups in total. The lowest BCUT2D eigenvalue weighted by Gasteiger charge is -2.29. The minimum absolute atomic E-state index is 0.292. The van der Waals surface area contributed by atoms with Crippen LogP contribution in [0.5, 0.6) is 0 Å². The van der Waals surface area contributed by atoms with E-state index in [9.17, 15) is 4.79 Å². The Balaban J connectivity index is 1.40. The number of carbonyl (C=O) groups excluding carboxylic acids is 1. The van der Waals surface area contributed by atoms with Crippen LogP contribution >= 0.6 is 0 Å². The number of amides is 1. The normalized spacial score (nSPS) is 16.7. The first-order valence-electron chi connectivity index (χ1n) is 11.1. The average Bonchev–Trinajstić information content (AvgIpc) is 3.51. The summed E-state index contributed by atoms with van der Waals surface area (Å²) in [7, 11) is 0. The Labute approximate surface area is 187 Å². The number of para-hydroxylation sites is 1. The number of anilines is 2. The third kappa shape index (κ3) is 4.44. The van der Waals surface area contributed by atoms with E-state index in [1.807, 2.05) is 51.1 Å². The van der Waals surface area contributed by atoms with Crippen molar-refractivity contribution < 1.29 is 9.53 Å². The molecule has 32 heavy (non-hydrogen) atoms. The average molecular weight is 433 g/mol. The molecule has 1 fully saturated rings. The molecule has 1 aromatic carbocycles. The quantitative estimate of drug-likeness (QED) is 0.602. The van der Waals surface area contributed by atoms with Gasteiger partial charge in [-0.05, 0) is 57.7 Å². The van der Waals surface area contributed by atoms with E-state index in [1.54, 1.807) is 4.90 Å². The molecule has 166 valence electrons. The number of ether oxygens (including phenoxy) is 1. The Hall–Kier alpha value is -3.42. The second kappa shape index (κ2) is 7.93. The smallest absolute Gasteiger partial charge is 0.410 e. The van der Waals surface area contributed by atoms with Crippen LogP contribution in [0, 0.1) is 0 Å². The van der Waals surface area contributed by atoms with E-state index in [1.165, 1.54) is 18.5 Å². The number of aromatic amines is 1. The second-order valence-electron chi connectivity index (χ2n) is 9.43. The van der Waals surface area contributed by atoms with Crippen molar-refractivity contribution >= 4 is 34.2 Å². The number of hydrogen-bond acceptors (Lipinski definition) is 6. The van der Waals surface area contributed by atoms with Crippen LogP contribution in [0.1, 0.15) is 57.5 Å². The number of hydrogen-bond donors (Lipinski definition) is 2. The zero-order chi connectivity index (χ0) is 22.3. The van der Waals surface area contributed by atoms with Crippen LogP contribution in [-0.2, 0) is 4.74 Å². The monoisotopic (exact) mass is 432 g/mol. The van der Waals surface area contributed by atoms with Gasteiger partial charge in [-0.2, -0.15) is 5.10 Å². The van der Waals surface area contributed by atoms with E-state index in [2.05, 4.69) is 21.6 Å².